The highest BCUT2D eigenvalue weighted by atomic mass is 35.5. The molecule has 3 atom stereocenters. The van der Waals surface area contributed by atoms with E-state index in [-0.39, 0.29) is 40.6 Å². The molecule has 7 nitrogen and oxygen atoms in total. The van der Waals surface area contributed by atoms with E-state index in [2.05, 4.69) is 5.32 Å². The topological polar surface area (TPSA) is 94.4 Å². The maximum atomic E-state index is 14.3. The van der Waals surface area contributed by atoms with E-state index in [4.69, 9.17) is 21.6 Å². The number of aliphatic imine (C=N–C) groups is 2. The van der Waals surface area contributed by atoms with Crippen molar-refractivity contribution in [1.29, 1.82) is 0 Å². The number of nitrogens with one attached hydrogen (secondary N) is 1. The molecule has 0 radical (unpaired) electrons. The van der Waals surface area contributed by atoms with Crippen LogP contribution in [0.1, 0.15) is 45.1 Å². The third-order valence-electron chi connectivity index (χ3n) is 8.14. The summed E-state index contributed by atoms with van der Waals surface area (Å²) in [6, 6.07) is 2.64. The largest absolute Gasteiger partial charge is 0.504 e. The van der Waals surface area contributed by atoms with Gasteiger partial charge in [-0.3, -0.25) is 19.6 Å². The number of amides is 1. The van der Waals surface area contributed by atoms with Crippen molar-refractivity contribution in [2.75, 3.05) is 26.2 Å². The Morgan fingerprint density at radius 1 is 1.18 bits per heavy atom. The molecule has 2 heterocycles. The predicted octanol–water partition coefficient (Wildman–Crippen LogP) is 4.23. The fraction of sp³-hybridized carbons (Fsp3) is 0.517. The predicted molar refractivity (Wildman–Crippen MR) is 147 cm³/mol. The van der Waals surface area contributed by atoms with Crippen molar-refractivity contribution in [2.45, 2.75) is 51.6 Å². The van der Waals surface area contributed by atoms with Crippen LogP contribution < -0.4 is 5.32 Å². The second-order valence-electron chi connectivity index (χ2n) is 10.8. The second-order valence-corrected chi connectivity index (χ2v) is 11.2. The van der Waals surface area contributed by atoms with Gasteiger partial charge in [-0.2, -0.15) is 0 Å². The van der Waals surface area contributed by atoms with E-state index in [0.29, 0.717) is 5.56 Å². The smallest absolute Gasteiger partial charge is 0.225 e. The lowest BCUT2D eigenvalue weighted by Crippen LogP contribution is -2.49. The number of carbonyl (C=O) groups is 2. The molecule has 202 valence electrons. The number of fused-ring (bicyclic) bond motifs is 1. The zero-order valence-corrected chi connectivity index (χ0v) is 22.5. The Morgan fingerprint density at radius 2 is 1.89 bits per heavy atom. The van der Waals surface area contributed by atoms with Gasteiger partial charge in [0, 0.05) is 44.2 Å². The van der Waals surface area contributed by atoms with Gasteiger partial charge in [0.1, 0.15) is 5.78 Å². The molecule has 1 aromatic carbocycles. The van der Waals surface area contributed by atoms with E-state index in [1.807, 2.05) is 24.0 Å². The number of hydrogen-bond acceptors (Lipinski definition) is 6. The normalized spacial score (nSPS) is 30.5. The summed E-state index contributed by atoms with van der Waals surface area (Å²) < 4.78 is 14.3. The molecule has 1 amide bonds. The van der Waals surface area contributed by atoms with Gasteiger partial charge in [-0.05, 0) is 67.5 Å². The molecule has 0 aromatic heterocycles. The number of piperazine rings is 1. The Labute approximate surface area is 227 Å². The number of nitrogens with zero attached hydrogens (tertiary/aromatic N) is 3. The monoisotopic (exact) mass is 540 g/mol. The van der Waals surface area contributed by atoms with Crippen molar-refractivity contribution in [3.8, 4) is 5.75 Å². The highest BCUT2D eigenvalue weighted by Crippen LogP contribution is 2.38. The minimum Gasteiger partial charge on any atom is -0.504 e. The van der Waals surface area contributed by atoms with Crippen LogP contribution in [0.5, 0.6) is 5.75 Å². The molecular formula is C29H34ClFN4O3. The molecule has 0 spiro atoms. The fourth-order valence-corrected chi connectivity index (χ4v) is 6.19. The van der Waals surface area contributed by atoms with Crippen LogP contribution in [-0.2, 0) is 9.59 Å². The lowest BCUT2D eigenvalue weighted by molar-refractivity contribution is -0.137. The summed E-state index contributed by atoms with van der Waals surface area (Å²) in [4.78, 5) is 37.4. The molecule has 9 heteroatoms. The number of aromatic hydroxyl groups is 1. The lowest BCUT2D eigenvalue weighted by atomic mass is 9.77. The molecule has 3 unspecified atom stereocenters. The maximum Gasteiger partial charge on any atom is 0.225 e. The molecule has 2 aliphatic carbocycles. The van der Waals surface area contributed by atoms with Crippen LogP contribution in [0.2, 0.25) is 5.02 Å². The van der Waals surface area contributed by atoms with Crippen molar-refractivity contribution in [3.63, 3.8) is 0 Å². The molecule has 2 N–H and O–H groups in total. The van der Waals surface area contributed by atoms with Gasteiger partial charge in [0.05, 0.1) is 28.7 Å². The summed E-state index contributed by atoms with van der Waals surface area (Å²) in [5, 5.41) is 13.0. The quantitative estimate of drug-likeness (QED) is 0.597. The van der Waals surface area contributed by atoms with E-state index in [9.17, 15) is 19.1 Å². The van der Waals surface area contributed by atoms with Crippen LogP contribution in [0.3, 0.4) is 0 Å². The number of hydrogen-bond donors (Lipinski definition) is 2. The van der Waals surface area contributed by atoms with Crippen molar-refractivity contribution >= 4 is 40.8 Å². The van der Waals surface area contributed by atoms with E-state index in [0.717, 1.165) is 68.7 Å². The summed E-state index contributed by atoms with van der Waals surface area (Å²) in [7, 11) is 0. The number of carbonyl (C=O) groups excluding carboxylic acids is 2. The molecule has 1 saturated carbocycles. The molecular weight excluding hydrogens is 507 g/mol. The molecule has 1 saturated heterocycles. The molecule has 2 fully saturated rings. The Bertz CT molecular complexity index is 1220. The van der Waals surface area contributed by atoms with Gasteiger partial charge in [-0.15, -0.1) is 0 Å². The third-order valence-corrected chi connectivity index (χ3v) is 8.43. The molecule has 1 aromatic rings. The minimum absolute atomic E-state index is 0.0117. The Kier molecular flexibility index (Phi) is 7.82. The average Bonchev–Trinajstić information content (AvgIpc) is 2.92. The minimum atomic E-state index is -0.786. The third kappa shape index (κ3) is 5.34. The number of benzene rings is 1. The summed E-state index contributed by atoms with van der Waals surface area (Å²) in [5.41, 5.74) is 2.88. The zero-order chi connectivity index (χ0) is 27.0. The average molecular weight is 541 g/mol. The SMILES string of the molecule is CC(=O)C1C=NC2C(=CC(c3cc(F)c(O)c(Cl)c3)=CC2C)C1=NC1CCC(C(=O)N2CCNCC2)CC1. The Balaban J connectivity index is 1.41. The van der Waals surface area contributed by atoms with Gasteiger partial charge in [0.2, 0.25) is 5.91 Å². The van der Waals surface area contributed by atoms with E-state index in [1.165, 1.54) is 12.1 Å². The van der Waals surface area contributed by atoms with Crippen LogP contribution in [0, 0.1) is 23.6 Å². The number of phenols is 1. The summed E-state index contributed by atoms with van der Waals surface area (Å²) in [6.07, 6.45) is 8.82. The lowest BCUT2D eigenvalue weighted by Gasteiger charge is -2.35. The van der Waals surface area contributed by atoms with Crippen LogP contribution in [0.4, 0.5) is 4.39 Å². The fourth-order valence-electron chi connectivity index (χ4n) is 5.99. The van der Waals surface area contributed by atoms with E-state index < -0.39 is 17.5 Å². The molecule has 38 heavy (non-hydrogen) atoms. The molecule has 4 aliphatic rings. The summed E-state index contributed by atoms with van der Waals surface area (Å²) in [5.74, 6) is -1.65. The van der Waals surface area contributed by atoms with Crippen molar-refractivity contribution in [2.24, 2.45) is 27.7 Å². The van der Waals surface area contributed by atoms with Crippen molar-refractivity contribution in [1.82, 2.24) is 10.2 Å². The van der Waals surface area contributed by atoms with Crippen LogP contribution in [0.15, 0.2) is 39.8 Å². The Morgan fingerprint density at radius 3 is 2.55 bits per heavy atom. The first kappa shape index (κ1) is 26.8. The van der Waals surface area contributed by atoms with Crippen molar-refractivity contribution in [3.05, 3.63) is 46.3 Å². The summed E-state index contributed by atoms with van der Waals surface area (Å²) in [6.45, 7) is 6.80. The number of ketones is 1. The van der Waals surface area contributed by atoms with Crippen LogP contribution in [0.25, 0.3) is 5.57 Å². The first-order valence-electron chi connectivity index (χ1n) is 13.5. The number of halogens is 2. The van der Waals surface area contributed by atoms with Crippen LogP contribution >= 0.6 is 11.6 Å². The first-order valence-corrected chi connectivity index (χ1v) is 13.8. The maximum absolute atomic E-state index is 14.3. The standard InChI is InChI=1S/C29H34ClFN4O3/c1-16-11-19(20-13-24(30)28(37)25(31)14-20)12-22-26(16)33-15-23(17(2)36)27(22)34-21-5-3-18(4-6-21)29(38)35-9-7-32-8-10-35/h11-16,18,21,23,26,32,37H,3-10H2,1-2H3. The van der Waals surface area contributed by atoms with Crippen LogP contribution in [-0.4, -0.2) is 71.9 Å². The zero-order valence-electron chi connectivity index (χ0n) is 21.8. The summed E-state index contributed by atoms with van der Waals surface area (Å²) >= 11 is 6.06. The van der Waals surface area contributed by atoms with E-state index in [1.54, 1.807) is 13.1 Å². The second kappa shape index (κ2) is 11.1. The van der Waals surface area contributed by atoms with Gasteiger partial charge in [0.25, 0.3) is 0 Å². The molecule has 0 bridgehead atoms. The van der Waals surface area contributed by atoms with Crippen molar-refractivity contribution < 1.29 is 19.1 Å². The van der Waals surface area contributed by atoms with Gasteiger partial charge in [-0.25, -0.2) is 4.39 Å². The number of Topliss-reactive ketones (excluding diaryl/α,β-unsaturated/α-hetero) is 1. The van der Waals surface area contributed by atoms with Gasteiger partial charge in [-0.1, -0.05) is 24.6 Å². The van der Waals surface area contributed by atoms with Gasteiger partial charge >= 0.3 is 0 Å². The molecule has 2 aliphatic heterocycles. The van der Waals surface area contributed by atoms with E-state index >= 15 is 0 Å². The first-order chi connectivity index (χ1) is 18.2. The van der Waals surface area contributed by atoms with Gasteiger partial charge in [0.15, 0.2) is 11.6 Å². The molecule has 5 rings (SSSR count). The number of allylic oxidation sites excluding steroid dienone is 2. The number of phenolic OH excluding ortho intramolecular Hbond substituents is 1. The Hall–Kier alpha value is -2.84. The number of rotatable bonds is 4. The highest BCUT2D eigenvalue weighted by molar-refractivity contribution is 6.32. The van der Waals surface area contributed by atoms with Gasteiger partial charge < -0.3 is 15.3 Å². The highest BCUT2D eigenvalue weighted by Gasteiger charge is 2.37.